The van der Waals surface area contributed by atoms with Crippen LogP contribution in [-0.4, -0.2) is 35.4 Å². The van der Waals surface area contributed by atoms with Crippen LogP contribution in [0.1, 0.15) is 0 Å². The molecule has 1 aromatic heterocycles. The van der Waals surface area contributed by atoms with Gasteiger partial charge in [-0.1, -0.05) is 11.6 Å². The lowest BCUT2D eigenvalue weighted by molar-refractivity contribution is 0.0747. The molecule has 1 aliphatic rings. The number of halogens is 1. The summed E-state index contributed by atoms with van der Waals surface area (Å²) in [7, 11) is 0. The Balaban J connectivity index is 1.99. The Hall–Kier alpha value is -1.36. The molecule has 0 spiro atoms. The zero-order valence-electron chi connectivity index (χ0n) is 9.64. The first kappa shape index (κ1) is 11.7. The quantitative estimate of drug-likeness (QED) is 0.865. The molecule has 1 saturated heterocycles. The van der Waals surface area contributed by atoms with E-state index in [1.165, 1.54) is 0 Å². The van der Waals surface area contributed by atoms with Crippen LogP contribution in [0.3, 0.4) is 0 Å². The Labute approximate surface area is 110 Å². The normalized spacial score (nSPS) is 23.4. The fraction of sp³-hybridized carbons (Fsp3) is 0.308. The molecule has 3 rings (SSSR count). The minimum atomic E-state index is -0.487. The molecule has 2 atom stereocenters. The highest BCUT2D eigenvalue weighted by molar-refractivity contribution is 6.35. The number of hydrogen-bond acceptors (Lipinski definition) is 4. The predicted molar refractivity (Wildman–Crippen MR) is 70.0 cm³/mol. The van der Waals surface area contributed by atoms with Gasteiger partial charge in [-0.2, -0.15) is 0 Å². The zero-order chi connectivity index (χ0) is 12.5. The van der Waals surface area contributed by atoms with Gasteiger partial charge in [0, 0.05) is 24.7 Å². The topological polar surface area (TPSA) is 54.4 Å². The molecule has 2 aromatic rings. The molecule has 0 saturated carbocycles. The van der Waals surface area contributed by atoms with Crippen molar-refractivity contribution in [3.8, 4) is 5.75 Å². The van der Waals surface area contributed by atoms with E-state index >= 15 is 0 Å². The molecule has 0 amide bonds. The fourth-order valence-corrected chi connectivity index (χ4v) is 2.35. The first-order valence-electron chi connectivity index (χ1n) is 5.84. The summed E-state index contributed by atoms with van der Waals surface area (Å²) < 4.78 is 5.82. The maximum Gasteiger partial charge on any atom is 0.146 e. The number of fused-ring (bicyclic) bond motifs is 1. The lowest BCUT2D eigenvalue weighted by atomic mass is 10.2. The third kappa shape index (κ3) is 2.03. The van der Waals surface area contributed by atoms with Crippen molar-refractivity contribution >= 4 is 22.5 Å². The van der Waals surface area contributed by atoms with Gasteiger partial charge in [-0.3, -0.25) is 4.98 Å². The fourth-order valence-electron chi connectivity index (χ4n) is 2.13. The Kier molecular flexibility index (Phi) is 3.07. The van der Waals surface area contributed by atoms with Gasteiger partial charge in [-0.25, -0.2) is 0 Å². The largest absolute Gasteiger partial charge is 0.484 e. The van der Waals surface area contributed by atoms with E-state index in [9.17, 15) is 5.11 Å². The molecule has 94 valence electrons. The van der Waals surface area contributed by atoms with Crippen molar-refractivity contribution in [2.45, 2.75) is 12.2 Å². The molecule has 1 aliphatic heterocycles. The van der Waals surface area contributed by atoms with E-state index in [2.05, 4.69) is 10.3 Å². The van der Waals surface area contributed by atoms with Crippen LogP contribution in [0.2, 0.25) is 5.02 Å². The van der Waals surface area contributed by atoms with E-state index in [1.807, 2.05) is 12.1 Å². The lowest BCUT2D eigenvalue weighted by Gasteiger charge is -2.17. The van der Waals surface area contributed by atoms with Gasteiger partial charge in [-0.15, -0.1) is 0 Å². The van der Waals surface area contributed by atoms with Crippen molar-refractivity contribution in [3.63, 3.8) is 0 Å². The molecule has 2 heterocycles. The SMILES string of the molecule is O[C@H]1CNC[C@@H]1Oc1ccc(Cl)c2cccnc12. The van der Waals surface area contributed by atoms with Crippen LogP contribution < -0.4 is 10.1 Å². The van der Waals surface area contributed by atoms with Crippen molar-refractivity contribution in [2.24, 2.45) is 0 Å². The smallest absolute Gasteiger partial charge is 0.146 e. The van der Waals surface area contributed by atoms with Crippen LogP contribution >= 0.6 is 11.6 Å². The third-order valence-corrected chi connectivity index (χ3v) is 3.42. The first-order valence-corrected chi connectivity index (χ1v) is 6.22. The monoisotopic (exact) mass is 264 g/mol. The second-order valence-corrected chi connectivity index (χ2v) is 4.73. The second kappa shape index (κ2) is 4.72. The highest BCUT2D eigenvalue weighted by atomic mass is 35.5. The molecule has 2 N–H and O–H groups in total. The molecule has 0 aliphatic carbocycles. The number of benzene rings is 1. The van der Waals surface area contributed by atoms with Gasteiger partial charge in [-0.05, 0) is 24.3 Å². The van der Waals surface area contributed by atoms with Gasteiger partial charge in [0.1, 0.15) is 23.5 Å². The number of aliphatic hydroxyl groups excluding tert-OH is 1. The number of ether oxygens (including phenoxy) is 1. The van der Waals surface area contributed by atoms with Crippen LogP contribution in [-0.2, 0) is 0 Å². The number of nitrogens with one attached hydrogen (secondary N) is 1. The highest BCUT2D eigenvalue weighted by Gasteiger charge is 2.27. The van der Waals surface area contributed by atoms with E-state index in [0.29, 0.717) is 23.9 Å². The van der Waals surface area contributed by atoms with Gasteiger partial charge in [0.25, 0.3) is 0 Å². The van der Waals surface area contributed by atoms with Gasteiger partial charge < -0.3 is 15.2 Å². The molecule has 0 bridgehead atoms. The van der Waals surface area contributed by atoms with E-state index in [-0.39, 0.29) is 6.10 Å². The first-order chi connectivity index (χ1) is 8.75. The summed E-state index contributed by atoms with van der Waals surface area (Å²) in [5, 5.41) is 14.3. The van der Waals surface area contributed by atoms with Crippen molar-refractivity contribution in [3.05, 3.63) is 35.5 Å². The maximum atomic E-state index is 9.74. The van der Waals surface area contributed by atoms with Crippen molar-refractivity contribution in [1.29, 1.82) is 0 Å². The van der Waals surface area contributed by atoms with E-state index < -0.39 is 6.10 Å². The summed E-state index contributed by atoms with van der Waals surface area (Å²) in [6.07, 6.45) is 0.977. The molecule has 5 heteroatoms. The maximum absolute atomic E-state index is 9.74. The number of aromatic nitrogens is 1. The van der Waals surface area contributed by atoms with Crippen molar-refractivity contribution in [1.82, 2.24) is 10.3 Å². The third-order valence-electron chi connectivity index (χ3n) is 3.09. The summed E-state index contributed by atoms with van der Waals surface area (Å²) in [6, 6.07) is 7.32. The molecule has 1 fully saturated rings. The van der Waals surface area contributed by atoms with Crippen molar-refractivity contribution < 1.29 is 9.84 Å². The molecule has 4 nitrogen and oxygen atoms in total. The highest BCUT2D eigenvalue weighted by Crippen LogP contribution is 2.30. The molecular formula is C13H13ClN2O2. The van der Waals surface area contributed by atoms with Crippen LogP contribution in [0, 0.1) is 0 Å². The van der Waals surface area contributed by atoms with Crippen LogP contribution in [0.25, 0.3) is 10.9 Å². The number of rotatable bonds is 2. The van der Waals surface area contributed by atoms with Crippen LogP contribution in [0.5, 0.6) is 5.75 Å². The molecule has 0 radical (unpaired) electrons. The van der Waals surface area contributed by atoms with Crippen LogP contribution in [0.15, 0.2) is 30.5 Å². The summed E-state index contributed by atoms with van der Waals surface area (Å²) >= 11 is 6.12. The number of nitrogens with zero attached hydrogens (tertiary/aromatic N) is 1. The number of aliphatic hydroxyl groups is 1. The van der Waals surface area contributed by atoms with E-state index in [1.54, 1.807) is 18.3 Å². The lowest BCUT2D eigenvalue weighted by Crippen LogP contribution is -2.29. The Morgan fingerprint density at radius 2 is 2.22 bits per heavy atom. The minimum absolute atomic E-state index is 0.239. The van der Waals surface area contributed by atoms with E-state index in [0.717, 1.165) is 10.9 Å². The summed E-state index contributed by atoms with van der Waals surface area (Å²) in [4.78, 5) is 4.30. The molecule has 18 heavy (non-hydrogen) atoms. The van der Waals surface area contributed by atoms with E-state index in [4.69, 9.17) is 16.3 Å². The van der Waals surface area contributed by atoms with Gasteiger partial charge in [0.15, 0.2) is 0 Å². The zero-order valence-corrected chi connectivity index (χ0v) is 10.4. The van der Waals surface area contributed by atoms with Gasteiger partial charge in [0.2, 0.25) is 0 Å². The van der Waals surface area contributed by atoms with Crippen molar-refractivity contribution in [2.75, 3.05) is 13.1 Å². The minimum Gasteiger partial charge on any atom is -0.484 e. The Morgan fingerprint density at radius 3 is 3.00 bits per heavy atom. The Bertz CT molecular complexity index is 576. The average Bonchev–Trinajstić information content (AvgIpc) is 2.79. The molecule has 1 aromatic carbocycles. The number of β-amino-alcohol motifs (C(OH)–C–C–N with tert-alkyl or cyclic N) is 1. The molecular weight excluding hydrogens is 252 g/mol. The van der Waals surface area contributed by atoms with Gasteiger partial charge >= 0.3 is 0 Å². The predicted octanol–water partition coefficient (Wildman–Crippen LogP) is 1.60. The van der Waals surface area contributed by atoms with Gasteiger partial charge in [0.05, 0.1) is 5.02 Å². The summed E-state index contributed by atoms with van der Waals surface area (Å²) in [5.74, 6) is 0.655. The summed E-state index contributed by atoms with van der Waals surface area (Å²) in [6.45, 7) is 1.20. The Morgan fingerprint density at radius 1 is 1.33 bits per heavy atom. The standard InChI is InChI=1S/C13H13ClN2O2/c14-9-3-4-11(13-8(9)2-1-5-16-13)18-12-7-15-6-10(12)17/h1-5,10,12,15,17H,6-7H2/t10-,12-/m0/s1. The number of hydrogen-bond donors (Lipinski definition) is 2. The molecule has 0 unspecified atom stereocenters. The second-order valence-electron chi connectivity index (χ2n) is 4.33. The summed E-state index contributed by atoms with van der Waals surface area (Å²) in [5.41, 5.74) is 0.726. The number of pyridine rings is 1. The van der Waals surface area contributed by atoms with Crippen LogP contribution in [0.4, 0.5) is 0 Å². The average molecular weight is 265 g/mol.